The Morgan fingerprint density at radius 3 is 2.39 bits per heavy atom. The molecule has 0 N–H and O–H groups in total. The number of esters is 1. The molecule has 1 aliphatic carbocycles. The molecule has 23 heavy (non-hydrogen) atoms. The summed E-state index contributed by atoms with van der Waals surface area (Å²) in [6.45, 7) is 5.93. The molecule has 128 valence electrons. The highest BCUT2D eigenvalue weighted by molar-refractivity contribution is 5.66. The van der Waals surface area contributed by atoms with Crippen molar-refractivity contribution in [2.75, 3.05) is 13.6 Å². The first kappa shape index (κ1) is 18.0. The molecule has 0 bridgehead atoms. The van der Waals surface area contributed by atoms with Crippen LogP contribution in [0.4, 0.5) is 0 Å². The molecule has 3 nitrogen and oxygen atoms in total. The molecule has 0 unspecified atom stereocenters. The van der Waals surface area contributed by atoms with E-state index in [1.165, 1.54) is 37.4 Å². The number of carbonyl (C=O) groups excluding carboxylic acids is 1. The van der Waals surface area contributed by atoms with Crippen molar-refractivity contribution < 1.29 is 9.53 Å². The van der Waals surface area contributed by atoms with Crippen LogP contribution in [0.15, 0.2) is 24.3 Å². The number of rotatable bonds is 7. The predicted octanol–water partition coefficient (Wildman–Crippen LogP) is 4.51. The third-order valence-corrected chi connectivity index (χ3v) is 4.80. The zero-order valence-corrected chi connectivity index (χ0v) is 14.9. The largest absolute Gasteiger partial charge is 0.463 e. The van der Waals surface area contributed by atoms with Crippen molar-refractivity contribution in [3.05, 3.63) is 35.4 Å². The molecule has 1 aromatic carbocycles. The number of hydrogen-bond donors (Lipinski definition) is 0. The van der Waals surface area contributed by atoms with E-state index < -0.39 is 0 Å². The number of carbonyl (C=O) groups is 1. The summed E-state index contributed by atoms with van der Waals surface area (Å²) in [7, 11) is 2.19. The van der Waals surface area contributed by atoms with Crippen LogP contribution in [0, 0.1) is 0 Å². The molecule has 0 radical (unpaired) electrons. The lowest BCUT2D eigenvalue weighted by Gasteiger charge is -2.28. The molecule has 0 atom stereocenters. The van der Waals surface area contributed by atoms with Crippen LogP contribution >= 0.6 is 0 Å². The summed E-state index contributed by atoms with van der Waals surface area (Å²) in [5.41, 5.74) is 2.83. The molecule has 0 heterocycles. The van der Waals surface area contributed by atoms with Gasteiger partial charge in [0, 0.05) is 13.5 Å². The highest BCUT2D eigenvalue weighted by Gasteiger charge is 2.24. The summed E-state index contributed by atoms with van der Waals surface area (Å²) >= 11 is 0. The second-order valence-electron chi connectivity index (χ2n) is 6.92. The molecule has 3 heteroatoms. The van der Waals surface area contributed by atoms with E-state index in [2.05, 4.69) is 43.1 Å². The molecule has 0 spiro atoms. The molecule has 0 amide bonds. The fourth-order valence-corrected chi connectivity index (χ4v) is 3.46. The van der Waals surface area contributed by atoms with Gasteiger partial charge in [-0.2, -0.15) is 0 Å². The van der Waals surface area contributed by atoms with E-state index in [0.717, 1.165) is 32.2 Å². The molecule has 1 aliphatic rings. The van der Waals surface area contributed by atoms with Crippen LogP contribution in [0.5, 0.6) is 0 Å². The Balaban J connectivity index is 1.82. The van der Waals surface area contributed by atoms with Gasteiger partial charge in [0.1, 0.15) is 6.10 Å². The maximum atomic E-state index is 11.0. The summed E-state index contributed by atoms with van der Waals surface area (Å²) in [6, 6.07) is 9.13. The van der Waals surface area contributed by atoms with Crippen molar-refractivity contribution in [1.29, 1.82) is 0 Å². The number of benzene rings is 1. The second-order valence-corrected chi connectivity index (χ2v) is 6.92. The molecular weight excluding hydrogens is 286 g/mol. The maximum absolute atomic E-state index is 11.0. The van der Waals surface area contributed by atoms with E-state index in [-0.39, 0.29) is 12.1 Å². The molecule has 1 saturated carbocycles. The number of hydrogen-bond acceptors (Lipinski definition) is 3. The standard InChI is InChI=1S/C20H31NO2/c1-4-5-14-21(3)15-17-6-8-18(9-7-17)19-10-12-20(13-11-19)23-16(2)22/h6-9,19-20H,4-5,10-15H2,1-3H3. The van der Waals surface area contributed by atoms with E-state index in [0.29, 0.717) is 5.92 Å². The Morgan fingerprint density at radius 1 is 1.17 bits per heavy atom. The summed E-state index contributed by atoms with van der Waals surface area (Å²) < 4.78 is 5.33. The third-order valence-electron chi connectivity index (χ3n) is 4.80. The summed E-state index contributed by atoms with van der Waals surface area (Å²) in [6.07, 6.45) is 6.87. The van der Waals surface area contributed by atoms with E-state index in [1.807, 2.05) is 0 Å². The van der Waals surface area contributed by atoms with Gasteiger partial charge in [0.05, 0.1) is 0 Å². The van der Waals surface area contributed by atoms with Crippen molar-refractivity contribution >= 4 is 5.97 Å². The zero-order valence-electron chi connectivity index (χ0n) is 14.9. The van der Waals surface area contributed by atoms with Gasteiger partial charge >= 0.3 is 5.97 Å². The first-order chi connectivity index (χ1) is 11.1. The third kappa shape index (κ3) is 5.98. The molecule has 1 aromatic rings. The first-order valence-electron chi connectivity index (χ1n) is 9.03. The molecular formula is C20H31NO2. The fraction of sp³-hybridized carbons (Fsp3) is 0.650. The fourth-order valence-electron chi connectivity index (χ4n) is 3.46. The maximum Gasteiger partial charge on any atom is 0.302 e. The van der Waals surface area contributed by atoms with E-state index in [9.17, 15) is 4.79 Å². The lowest BCUT2D eigenvalue weighted by molar-refractivity contribution is -0.147. The molecule has 1 fully saturated rings. The van der Waals surface area contributed by atoms with Crippen LogP contribution in [0.1, 0.15) is 69.4 Å². The minimum atomic E-state index is -0.148. The minimum Gasteiger partial charge on any atom is -0.463 e. The van der Waals surface area contributed by atoms with Crippen molar-refractivity contribution in [2.24, 2.45) is 0 Å². The molecule has 0 aromatic heterocycles. The van der Waals surface area contributed by atoms with Crippen molar-refractivity contribution in [3.8, 4) is 0 Å². The van der Waals surface area contributed by atoms with Crippen molar-refractivity contribution in [1.82, 2.24) is 4.90 Å². The summed E-state index contributed by atoms with van der Waals surface area (Å²) in [5.74, 6) is 0.471. The highest BCUT2D eigenvalue weighted by atomic mass is 16.5. The lowest BCUT2D eigenvalue weighted by atomic mass is 9.82. The van der Waals surface area contributed by atoms with Gasteiger partial charge in [0.2, 0.25) is 0 Å². The summed E-state index contributed by atoms with van der Waals surface area (Å²) in [5, 5.41) is 0. The van der Waals surface area contributed by atoms with Crippen LogP contribution in [-0.2, 0) is 16.1 Å². The van der Waals surface area contributed by atoms with Crippen LogP contribution in [0.25, 0.3) is 0 Å². The van der Waals surface area contributed by atoms with Gasteiger partial charge in [-0.3, -0.25) is 4.79 Å². The Labute approximate surface area is 141 Å². The van der Waals surface area contributed by atoms with Crippen LogP contribution in [-0.4, -0.2) is 30.6 Å². The van der Waals surface area contributed by atoms with E-state index in [4.69, 9.17) is 4.74 Å². The minimum absolute atomic E-state index is 0.134. The Bertz CT molecular complexity index is 475. The average Bonchev–Trinajstić information content (AvgIpc) is 2.54. The van der Waals surface area contributed by atoms with Crippen LogP contribution in [0.3, 0.4) is 0 Å². The molecule has 0 saturated heterocycles. The smallest absolute Gasteiger partial charge is 0.302 e. The predicted molar refractivity (Wildman–Crippen MR) is 94.4 cm³/mol. The van der Waals surface area contributed by atoms with Crippen molar-refractivity contribution in [2.45, 2.75) is 70.9 Å². The Kier molecular flexibility index (Phi) is 7.10. The lowest BCUT2D eigenvalue weighted by Crippen LogP contribution is -2.22. The van der Waals surface area contributed by atoms with Gasteiger partial charge in [-0.15, -0.1) is 0 Å². The second kappa shape index (κ2) is 9.07. The van der Waals surface area contributed by atoms with Gasteiger partial charge in [-0.25, -0.2) is 0 Å². The number of nitrogens with zero attached hydrogens (tertiary/aromatic N) is 1. The van der Waals surface area contributed by atoms with Gasteiger partial charge < -0.3 is 9.64 Å². The zero-order chi connectivity index (χ0) is 16.7. The van der Waals surface area contributed by atoms with Gasteiger partial charge in [-0.1, -0.05) is 37.6 Å². The topological polar surface area (TPSA) is 29.5 Å². The van der Waals surface area contributed by atoms with Crippen LogP contribution in [0.2, 0.25) is 0 Å². The van der Waals surface area contributed by atoms with Crippen molar-refractivity contribution in [3.63, 3.8) is 0 Å². The first-order valence-corrected chi connectivity index (χ1v) is 9.03. The van der Waals surface area contributed by atoms with E-state index >= 15 is 0 Å². The number of unbranched alkanes of at least 4 members (excludes halogenated alkanes) is 1. The Hall–Kier alpha value is -1.35. The molecule has 0 aliphatic heterocycles. The molecule has 2 rings (SSSR count). The van der Waals surface area contributed by atoms with Gasteiger partial charge in [-0.05, 0) is 62.7 Å². The SMILES string of the molecule is CCCCN(C)Cc1ccc(C2CCC(OC(C)=O)CC2)cc1. The normalized spacial score (nSPS) is 21.4. The van der Waals surface area contributed by atoms with E-state index in [1.54, 1.807) is 0 Å². The van der Waals surface area contributed by atoms with Gasteiger partial charge in [0.15, 0.2) is 0 Å². The highest BCUT2D eigenvalue weighted by Crippen LogP contribution is 2.34. The monoisotopic (exact) mass is 317 g/mol. The Morgan fingerprint density at radius 2 is 1.83 bits per heavy atom. The van der Waals surface area contributed by atoms with Crippen LogP contribution < -0.4 is 0 Å². The quantitative estimate of drug-likeness (QED) is 0.693. The average molecular weight is 317 g/mol. The summed E-state index contributed by atoms with van der Waals surface area (Å²) in [4.78, 5) is 13.4. The van der Waals surface area contributed by atoms with Gasteiger partial charge in [0.25, 0.3) is 0 Å². The number of ether oxygens (including phenoxy) is 1.